The number of nitrogens with one attached hydrogen (secondary N) is 1. The lowest BCUT2D eigenvalue weighted by Crippen LogP contribution is -2.13. The van der Waals surface area contributed by atoms with Crippen LogP contribution in [0.2, 0.25) is 5.02 Å². The Morgan fingerprint density at radius 2 is 1.91 bits per heavy atom. The van der Waals surface area contributed by atoms with Crippen LogP contribution in [0.4, 0.5) is 5.13 Å². The van der Waals surface area contributed by atoms with Crippen LogP contribution in [-0.4, -0.2) is 36.4 Å². The normalized spacial score (nSPS) is 10.9. The van der Waals surface area contributed by atoms with Gasteiger partial charge in [0.05, 0.1) is 12.1 Å². The zero-order valence-corrected chi connectivity index (χ0v) is 18.9. The van der Waals surface area contributed by atoms with Crippen molar-refractivity contribution in [3.05, 3.63) is 63.6 Å². The third-order valence-electron chi connectivity index (χ3n) is 4.05. The maximum absolute atomic E-state index is 12.4. The number of carbonyl (C=O) groups excluding carboxylic acids is 1. The van der Waals surface area contributed by atoms with E-state index in [1.807, 2.05) is 18.2 Å². The number of nitrogens with zero attached hydrogens (tertiary/aromatic N) is 3. The van der Waals surface area contributed by atoms with E-state index < -0.39 is 5.91 Å². The number of amides is 1. The molecular formula is C22H19ClN4O4S. The van der Waals surface area contributed by atoms with Crippen molar-refractivity contribution in [2.75, 3.05) is 25.6 Å². The summed E-state index contributed by atoms with van der Waals surface area (Å²) in [5.74, 6) is 0.963. The Labute approximate surface area is 194 Å². The van der Waals surface area contributed by atoms with E-state index in [0.29, 0.717) is 44.6 Å². The number of anilines is 1. The molecule has 0 bridgehead atoms. The van der Waals surface area contributed by atoms with Crippen molar-refractivity contribution in [3.8, 4) is 23.3 Å². The van der Waals surface area contributed by atoms with Gasteiger partial charge >= 0.3 is 0 Å². The van der Waals surface area contributed by atoms with E-state index in [0.717, 1.165) is 0 Å². The van der Waals surface area contributed by atoms with E-state index in [-0.39, 0.29) is 12.2 Å². The van der Waals surface area contributed by atoms with Gasteiger partial charge in [0.2, 0.25) is 5.13 Å². The van der Waals surface area contributed by atoms with Crippen LogP contribution in [0.15, 0.2) is 48.0 Å². The second-order valence-electron chi connectivity index (χ2n) is 6.29. The summed E-state index contributed by atoms with van der Waals surface area (Å²) in [7, 11) is 1.51. The molecule has 0 atom stereocenters. The minimum atomic E-state index is -0.570. The van der Waals surface area contributed by atoms with Gasteiger partial charge in [-0.25, -0.2) is 0 Å². The number of nitriles is 1. The van der Waals surface area contributed by atoms with Gasteiger partial charge in [-0.15, -0.1) is 10.2 Å². The van der Waals surface area contributed by atoms with Gasteiger partial charge < -0.3 is 14.2 Å². The minimum Gasteiger partial charge on any atom is -0.493 e. The van der Waals surface area contributed by atoms with Gasteiger partial charge in [-0.2, -0.15) is 5.26 Å². The van der Waals surface area contributed by atoms with Gasteiger partial charge in [0, 0.05) is 0 Å². The first-order valence-corrected chi connectivity index (χ1v) is 10.6. The monoisotopic (exact) mass is 470 g/mol. The molecule has 8 nitrogen and oxygen atoms in total. The molecular weight excluding hydrogens is 452 g/mol. The predicted octanol–water partition coefficient (Wildman–Crippen LogP) is 4.51. The Morgan fingerprint density at radius 1 is 1.16 bits per heavy atom. The van der Waals surface area contributed by atoms with Crippen LogP contribution >= 0.6 is 22.9 Å². The van der Waals surface area contributed by atoms with E-state index in [1.54, 1.807) is 37.3 Å². The highest BCUT2D eigenvalue weighted by Crippen LogP contribution is 2.29. The molecule has 0 radical (unpaired) electrons. The predicted molar refractivity (Wildman–Crippen MR) is 122 cm³/mol. The Kier molecular flexibility index (Phi) is 8.02. The fraction of sp³-hybridized carbons (Fsp3) is 0.182. The quantitative estimate of drug-likeness (QED) is 0.278. The number of ether oxygens (including phenoxy) is 3. The van der Waals surface area contributed by atoms with Crippen LogP contribution in [0.1, 0.15) is 10.6 Å². The van der Waals surface area contributed by atoms with E-state index in [4.69, 9.17) is 25.8 Å². The fourth-order valence-corrected chi connectivity index (χ4v) is 3.36. The molecule has 1 aromatic heterocycles. The van der Waals surface area contributed by atoms with Crippen molar-refractivity contribution >= 4 is 40.1 Å². The highest BCUT2D eigenvalue weighted by Gasteiger charge is 2.13. The largest absolute Gasteiger partial charge is 0.493 e. The van der Waals surface area contributed by atoms with Crippen molar-refractivity contribution < 1.29 is 19.0 Å². The molecule has 10 heteroatoms. The Balaban J connectivity index is 1.63. The molecule has 1 N–H and O–H groups in total. The number of hydrogen-bond donors (Lipinski definition) is 1. The third kappa shape index (κ3) is 6.20. The first kappa shape index (κ1) is 23.1. The molecule has 1 amide bonds. The fourth-order valence-electron chi connectivity index (χ4n) is 2.59. The number of halogens is 1. The van der Waals surface area contributed by atoms with E-state index in [1.165, 1.54) is 24.5 Å². The van der Waals surface area contributed by atoms with Crippen LogP contribution in [0, 0.1) is 18.3 Å². The molecule has 0 unspecified atom stereocenters. The standard InChI is InChI=1S/C22H19ClN4O4S/c1-14-26-27-22(32-14)25-21(28)16(13-24)11-15-7-8-19(20(12-15)29-2)31-10-9-30-18-6-4-3-5-17(18)23/h3-8,11-12H,9-10H2,1-2H3,(H,25,27,28). The molecule has 2 aromatic carbocycles. The van der Waals surface area contributed by atoms with Gasteiger partial charge in [0.25, 0.3) is 5.91 Å². The molecule has 32 heavy (non-hydrogen) atoms. The average molecular weight is 471 g/mol. The highest BCUT2D eigenvalue weighted by atomic mass is 35.5. The Morgan fingerprint density at radius 3 is 2.56 bits per heavy atom. The van der Waals surface area contributed by atoms with Crippen LogP contribution in [0.5, 0.6) is 17.2 Å². The van der Waals surface area contributed by atoms with Gasteiger partial charge in [0.15, 0.2) is 11.5 Å². The molecule has 164 valence electrons. The van der Waals surface area contributed by atoms with Crippen molar-refractivity contribution in [2.45, 2.75) is 6.92 Å². The van der Waals surface area contributed by atoms with Crippen LogP contribution in [0.25, 0.3) is 6.08 Å². The van der Waals surface area contributed by atoms with E-state index in [9.17, 15) is 10.1 Å². The maximum atomic E-state index is 12.4. The van der Waals surface area contributed by atoms with Crippen LogP contribution in [0.3, 0.4) is 0 Å². The number of aromatic nitrogens is 2. The molecule has 0 aliphatic heterocycles. The van der Waals surface area contributed by atoms with Crippen molar-refractivity contribution in [3.63, 3.8) is 0 Å². The number of aryl methyl sites for hydroxylation is 1. The molecule has 3 rings (SSSR count). The van der Waals surface area contributed by atoms with Gasteiger partial charge in [-0.05, 0) is 42.8 Å². The second kappa shape index (κ2) is 11.1. The summed E-state index contributed by atoms with van der Waals surface area (Å²) < 4.78 is 16.7. The maximum Gasteiger partial charge on any atom is 0.268 e. The highest BCUT2D eigenvalue weighted by molar-refractivity contribution is 7.15. The van der Waals surface area contributed by atoms with Crippen molar-refractivity contribution in [2.24, 2.45) is 0 Å². The smallest absolute Gasteiger partial charge is 0.268 e. The lowest BCUT2D eigenvalue weighted by molar-refractivity contribution is -0.112. The van der Waals surface area contributed by atoms with Crippen molar-refractivity contribution in [1.29, 1.82) is 5.26 Å². The zero-order chi connectivity index (χ0) is 22.9. The lowest BCUT2D eigenvalue weighted by Gasteiger charge is -2.12. The molecule has 0 aliphatic rings. The number of benzene rings is 2. The lowest BCUT2D eigenvalue weighted by atomic mass is 10.1. The number of carbonyl (C=O) groups is 1. The summed E-state index contributed by atoms with van der Waals surface area (Å²) >= 11 is 7.28. The third-order valence-corrected chi connectivity index (χ3v) is 5.11. The summed E-state index contributed by atoms with van der Waals surface area (Å²) in [5, 5.41) is 21.2. The van der Waals surface area contributed by atoms with Gasteiger partial charge in [-0.1, -0.05) is 41.1 Å². The Hall–Kier alpha value is -3.61. The molecule has 0 saturated heterocycles. The average Bonchev–Trinajstić information content (AvgIpc) is 3.20. The first-order chi connectivity index (χ1) is 15.5. The number of methoxy groups -OCH3 is 1. The van der Waals surface area contributed by atoms with Gasteiger partial charge in [-0.3, -0.25) is 10.1 Å². The molecule has 3 aromatic rings. The number of rotatable bonds is 9. The second-order valence-corrected chi connectivity index (χ2v) is 7.88. The topological polar surface area (TPSA) is 106 Å². The summed E-state index contributed by atoms with van der Waals surface area (Å²) in [4.78, 5) is 12.4. The molecule has 0 aliphatic carbocycles. The van der Waals surface area contributed by atoms with Crippen molar-refractivity contribution in [1.82, 2.24) is 10.2 Å². The molecule has 0 saturated carbocycles. The number of para-hydroxylation sites is 1. The zero-order valence-electron chi connectivity index (χ0n) is 17.3. The van der Waals surface area contributed by atoms with E-state index >= 15 is 0 Å². The van der Waals surface area contributed by atoms with E-state index in [2.05, 4.69) is 15.5 Å². The Bertz CT molecular complexity index is 1170. The molecule has 0 fully saturated rings. The molecule has 1 heterocycles. The summed E-state index contributed by atoms with van der Waals surface area (Å²) in [6.45, 7) is 2.33. The first-order valence-electron chi connectivity index (χ1n) is 9.41. The van der Waals surface area contributed by atoms with Gasteiger partial charge in [0.1, 0.15) is 35.6 Å². The summed E-state index contributed by atoms with van der Waals surface area (Å²) in [5.41, 5.74) is 0.517. The van der Waals surface area contributed by atoms with Crippen LogP contribution < -0.4 is 19.5 Å². The van der Waals surface area contributed by atoms with Crippen LogP contribution in [-0.2, 0) is 4.79 Å². The minimum absolute atomic E-state index is 0.0817. The molecule has 0 spiro atoms. The SMILES string of the molecule is COc1cc(C=C(C#N)C(=O)Nc2nnc(C)s2)ccc1OCCOc1ccccc1Cl. The summed E-state index contributed by atoms with van der Waals surface area (Å²) in [6.07, 6.45) is 1.45. The number of hydrogen-bond acceptors (Lipinski definition) is 8. The summed E-state index contributed by atoms with van der Waals surface area (Å²) in [6, 6.07) is 14.2.